The van der Waals surface area contributed by atoms with E-state index in [9.17, 15) is 4.79 Å². The Morgan fingerprint density at radius 3 is 2.32 bits per heavy atom. The average Bonchev–Trinajstić information content (AvgIpc) is 2.46. The number of carbonyl (C=O) groups is 1. The van der Waals surface area contributed by atoms with E-state index in [1.54, 1.807) is 36.0 Å². The zero-order valence-corrected chi connectivity index (χ0v) is 11.5. The number of nitrogens with two attached hydrogens (primary N) is 1. The minimum atomic E-state index is -0.0889. The lowest BCUT2D eigenvalue weighted by atomic mass is 10.2. The van der Waals surface area contributed by atoms with E-state index in [0.29, 0.717) is 17.8 Å². The molecule has 3 N–H and O–H groups in total. The minimum absolute atomic E-state index is 0.0889. The lowest BCUT2D eigenvalue weighted by Crippen LogP contribution is -2.22. The molecule has 98 valence electrons. The van der Waals surface area contributed by atoms with Crippen molar-refractivity contribution in [3.05, 3.63) is 59.7 Å². The van der Waals surface area contributed by atoms with Gasteiger partial charge in [0.2, 0.25) is 0 Å². The highest BCUT2D eigenvalue weighted by atomic mass is 32.2. The lowest BCUT2D eigenvalue weighted by molar-refractivity contribution is 0.0951. The highest BCUT2D eigenvalue weighted by Gasteiger charge is 2.04. The Morgan fingerprint density at radius 1 is 1.11 bits per heavy atom. The summed E-state index contributed by atoms with van der Waals surface area (Å²) in [7, 11) is 0. The molecule has 0 fully saturated rings. The van der Waals surface area contributed by atoms with E-state index in [2.05, 4.69) is 17.4 Å². The summed E-state index contributed by atoms with van der Waals surface area (Å²) in [5, 5.41) is 2.89. The Balaban J connectivity index is 1.94. The number of benzene rings is 2. The maximum Gasteiger partial charge on any atom is 0.251 e. The van der Waals surface area contributed by atoms with E-state index >= 15 is 0 Å². The van der Waals surface area contributed by atoms with Crippen molar-refractivity contribution in [1.82, 2.24) is 5.32 Å². The predicted molar refractivity (Wildman–Crippen MR) is 80.2 cm³/mol. The molecule has 19 heavy (non-hydrogen) atoms. The van der Waals surface area contributed by atoms with Gasteiger partial charge in [0.25, 0.3) is 5.91 Å². The van der Waals surface area contributed by atoms with Crippen LogP contribution in [-0.2, 0) is 6.54 Å². The van der Waals surface area contributed by atoms with E-state index in [0.717, 1.165) is 5.56 Å². The SMILES string of the molecule is CSc1ccc(CNC(=O)c2ccc(N)cc2)cc1. The summed E-state index contributed by atoms with van der Waals surface area (Å²) >= 11 is 1.70. The molecule has 0 aromatic heterocycles. The molecule has 0 aliphatic heterocycles. The Morgan fingerprint density at radius 2 is 1.74 bits per heavy atom. The molecule has 0 bridgehead atoms. The summed E-state index contributed by atoms with van der Waals surface area (Å²) in [5.74, 6) is -0.0889. The number of nitrogens with one attached hydrogen (secondary N) is 1. The van der Waals surface area contributed by atoms with E-state index < -0.39 is 0 Å². The van der Waals surface area contributed by atoms with Crippen LogP contribution < -0.4 is 11.1 Å². The van der Waals surface area contributed by atoms with Crippen LogP contribution in [0.4, 0.5) is 5.69 Å². The second kappa shape index (κ2) is 6.29. The highest BCUT2D eigenvalue weighted by molar-refractivity contribution is 7.98. The molecule has 3 nitrogen and oxygen atoms in total. The third kappa shape index (κ3) is 3.76. The van der Waals surface area contributed by atoms with E-state index in [-0.39, 0.29) is 5.91 Å². The first-order chi connectivity index (χ1) is 9.19. The molecule has 0 heterocycles. The Bertz CT molecular complexity index is 549. The Kier molecular flexibility index (Phi) is 4.47. The Hall–Kier alpha value is -1.94. The van der Waals surface area contributed by atoms with Crippen molar-refractivity contribution >= 4 is 23.4 Å². The summed E-state index contributed by atoms with van der Waals surface area (Å²) in [4.78, 5) is 13.1. The van der Waals surface area contributed by atoms with Gasteiger partial charge in [-0.3, -0.25) is 4.79 Å². The quantitative estimate of drug-likeness (QED) is 0.664. The van der Waals surface area contributed by atoms with Crippen molar-refractivity contribution in [1.29, 1.82) is 0 Å². The molecule has 4 heteroatoms. The maximum atomic E-state index is 11.9. The molecule has 0 atom stereocenters. The average molecular weight is 272 g/mol. The van der Waals surface area contributed by atoms with Gasteiger partial charge in [0.1, 0.15) is 0 Å². The fourth-order valence-electron chi connectivity index (χ4n) is 1.66. The summed E-state index contributed by atoms with van der Waals surface area (Å²) in [6.45, 7) is 0.526. The van der Waals surface area contributed by atoms with Crippen molar-refractivity contribution in [2.24, 2.45) is 0 Å². The number of amides is 1. The van der Waals surface area contributed by atoms with Crippen molar-refractivity contribution in [3.8, 4) is 0 Å². The number of rotatable bonds is 4. The number of hydrogen-bond acceptors (Lipinski definition) is 3. The van der Waals surface area contributed by atoms with Crippen LogP contribution in [0, 0.1) is 0 Å². The lowest BCUT2D eigenvalue weighted by Gasteiger charge is -2.06. The third-order valence-corrected chi connectivity index (χ3v) is 3.53. The normalized spacial score (nSPS) is 10.2. The number of hydrogen-bond donors (Lipinski definition) is 2. The Labute approximate surface area is 117 Å². The molecule has 0 spiro atoms. The monoisotopic (exact) mass is 272 g/mol. The molecule has 0 saturated carbocycles. The molecule has 2 rings (SSSR count). The first-order valence-electron chi connectivity index (χ1n) is 5.96. The number of nitrogen functional groups attached to an aromatic ring is 1. The van der Waals surface area contributed by atoms with Gasteiger partial charge < -0.3 is 11.1 Å². The molecule has 2 aromatic carbocycles. The summed E-state index contributed by atoms with van der Waals surface area (Å²) in [6, 6.07) is 15.0. The van der Waals surface area contributed by atoms with Crippen LogP contribution in [0.1, 0.15) is 15.9 Å². The molecule has 1 amide bonds. The largest absolute Gasteiger partial charge is 0.399 e. The van der Waals surface area contributed by atoms with Gasteiger partial charge in [-0.15, -0.1) is 11.8 Å². The van der Waals surface area contributed by atoms with Crippen molar-refractivity contribution < 1.29 is 4.79 Å². The molecule has 0 aliphatic rings. The third-order valence-electron chi connectivity index (χ3n) is 2.78. The van der Waals surface area contributed by atoms with Gasteiger partial charge in [-0.1, -0.05) is 12.1 Å². The van der Waals surface area contributed by atoms with Crippen molar-refractivity contribution in [3.63, 3.8) is 0 Å². The van der Waals surface area contributed by atoms with Crippen LogP contribution in [0.3, 0.4) is 0 Å². The number of thioether (sulfide) groups is 1. The summed E-state index contributed by atoms with van der Waals surface area (Å²) < 4.78 is 0. The second-order valence-electron chi connectivity index (χ2n) is 4.15. The van der Waals surface area contributed by atoms with Gasteiger partial charge in [0.05, 0.1) is 0 Å². The van der Waals surface area contributed by atoms with Crippen LogP contribution in [0.15, 0.2) is 53.4 Å². The van der Waals surface area contributed by atoms with Gasteiger partial charge >= 0.3 is 0 Å². The van der Waals surface area contributed by atoms with E-state index in [1.807, 2.05) is 18.4 Å². The maximum absolute atomic E-state index is 11.9. The first-order valence-corrected chi connectivity index (χ1v) is 7.18. The molecule has 0 saturated heterocycles. The van der Waals surface area contributed by atoms with Gasteiger partial charge in [-0.25, -0.2) is 0 Å². The van der Waals surface area contributed by atoms with Gasteiger partial charge in [-0.2, -0.15) is 0 Å². The summed E-state index contributed by atoms with van der Waals surface area (Å²) in [6.07, 6.45) is 2.04. The molecular formula is C15H16N2OS. The zero-order chi connectivity index (χ0) is 13.7. The van der Waals surface area contributed by atoms with Gasteiger partial charge in [-0.05, 0) is 48.2 Å². The topological polar surface area (TPSA) is 55.1 Å². The standard InChI is InChI=1S/C15H16N2OS/c1-19-14-8-2-11(3-9-14)10-17-15(18)12-4-6-13(16)7-5-12/h2-9H,10,16H2,1H3,(H,17,18). The van der Waals surface area contributed by atoms with E-state index in [4.69, 9.17) is 5.73 Å². The summed E-state index contributed by atoms with van der Waals surface area (Å²) in [5.41, 5.74) is 7.95. The molecule has 2 aromatic rings. The van der Waals surface area contributed by atoms with Gasteiger partial charge in [0, 0.05) is 22.7 Å². The zero-order valence-electron chi connectivity index (χ0n) is 10.7. The fourth-order valence-corrected chi connectivity index (χ4v) is 2.07. The number of anilines is 1. The highest BCUT2D eigenvalue weighted by Crippen LogP contribution is 2.14. The van der Waals surface area contributed by atoms with Gasteiger partial charge in [0.15, 0.2) is 0 Å². The van der Waals surface area contributed by atoms with Crippen LogP contribution in [-0.4, -0.2) is 12.2 Å². The smallest absolute Gasteiger partial charge is 0.251 e. The number of carbonyl (C=O) groups excluding carboxylic acids is 1. The van der Waals surface area contributed by atoms with Crippen LogP contribution in [0.5, 0.6) is 0 Å². The molecular weight excluding hydrogens is 256 g/mol. The van der Waals surface area contributed by atoms with Crippen LogP contribution >= 0.6 is 11.8 Å². The van der Waals surface area contributed by atoms with Crippen molar-refractivity contribution in [2.45, 2.75) is 11.4 Å². The fraction of sp³-hybridized carbons (Fsp3) is 0.133. The second-order valence-corrected chi connectivity index (χ2v) is 5.03. The van der Waals surface area contributed by atoms with Crippen molar-refractivity contribution in [2.75, 3.05) is 12.0 Å². The first kappa shape index (κ1) is 13.5. The molecule has 0 radical (unpaired) electrons. The van der Waals surface area contributed by atoms with Crippen LogP contribution in [0.25, 0.3) is 0 Å². The minimum Gasteiger partial charge on any atom is -0.399 e. The van der Waals surface area contributed by atoms with E-state index in [1.165, 1.54) is 4.90 Å². The molecule has 0 unspecified atom stereocenters. The predicted octanol–water partition coefficient (Wildman–Crippen LogP) is 2.92. The van der Waals surface area contributed by atoms with Crippen LogP contribution in [0.2, 0.25) is 0 Å². The molecule has 0 aliphatic carbocycles.